The monoisotopic (exact) mass is 200 g/mol. The maximum Gasteiger partial charge on any atom is 0.315 e. The number of nitrogens with two attached hydrogens (primary N) is 1. The number of piperidine rings is 1. The normalized spacial score (nSPS) is 17.4. The van der Waals surface area contributed by atoms with Crippen molar-refractivity contribution in [2.45, 2.75) is 18.9 Å². The SMILES string of the molecule is NC(=O)CNC(=O)NC1CCNCC1. The second kappa shape index (κ2) is 5.43. The predicted octanol–water partition coefficient (Wildman–Crippen LogP) is -1.48. The third-order valence-electron chi connectivity index (χ3n) is 2.10. The van der Waals surface area contributed by atoms with E-state index in [1.54, 1.807) is 0 Å². The van der Waals surface area contributed by atoms with Gasteiger partial charge >= 0.3 is 6.03 Å². The van der Waals surface area contributed by atoms with Crippen molar-refractivity contribution in [3.8, 4) is 0 Å². The highest BCUT2D eigenvalue weighted by molar-refractivity contribution is 5.82. The molecule has 0 unspecified atom stereocenters. The van der Waals surface area contributed by atoms with Gasteiger partial charge in [0.2, 0.25) is 5.91 Å². The summed E-state index contributed by atoms with van der Waals surface area (Å²) >= 11 is 0. The van der Waals surface area contributed by atoms with Crippen LogP contribution in [-0.2, 0) is 4.79 Å². The van der Waals surface area contributed by atoms with Crippen LogP contribution in [0.5, 0.6) is 0 Å². The van der Waals surface area contributed by atoms with E-state index in [-0.39, 0.29) is 18.6 Å². The highest BCUT2D eigenvalue weighted by atomic mass is 16.2. The molecule has 0 aromatic carbocycles. The lowest BCUT2D eigenvalue weighted by Gasteiger charge is -2.23. The number of hydrogen-bond donors (Lipinski definition) is 4. The van der Waals surface area contributed by atoms with Crippen molar-refractivity contribution in [1.82, 2.24) is 16.0 Å². The van der Waals surface area contributed by atoms with Gasteiger partial charge in [-0.05, 0) is 25.9 Å². The van der Waals surface area contributed by atoms with Crippen LogP contribution in [0, 0.1) is 0 Å². The Kier molecular flexibility index (Phi) is 4.18. The molecular weight excluding hydrogens is 184 g/mol. The van der Waals surface area contributed by atoms with Gasteiger partial charge in [0.1, 0.15) is 0 Å². The Morgan fingerprint density at radius 2 is 2.00 bits per heavy atom. The summed E-state index contributed by atoms with van der Waals surface area (Å²) in [6.45, 7) is 1.72. The van der Waals surface area contributed by atoms with Crippen LogP contribution in [0.25, 0.3) is 0 Å². The molecule has 14 heavy (non-hydrogen) atoms. The molecule has 0 atom stereocenters. The Balaban J connectivity index is 2.15. The van der Waals surface area contributed by atoms with Crippen molar-refractivity contribution in [1.29, 1.82) is 0 Å². The lowest BCUT2D eigenvalue weighted by molar-refractivity contribution is -0.117. The number of primary amides is 1. The third kappa shape index (κ3) is 4.08. The molecule has 0 aromatic heterocycles. The molecule has 5 N–H and O–H groups in total. The van der Waals surface area contributed by atoms with Crippen molar-refractivity contribution in [3.63, 3.8) is 0 Å². The summed E-state index contributed by atoms with van der Waals surface area (Å²) in [5.41, 5.74) is 4.88. The quantitative estimate of drug-likeness (QED) is 0.447. The topological polar surface area (TPSA) is 96.2 Å². The molecule has 0 bridgehead atoms. The Bertz CT molecular complexity index is 213. The van der Waals surface area contributed by atoms with Crippen LogP contribution in [0.1, 0.15) is 12.8 Å². The Morgan fingerprint density at radius 3 is 2.57 bits per heavy atom. The molecular formula is C8H16N4O2. The van der Waals surface area contributed by atoms with E-state index in [0.29, 0.717) is 0 Å². The van der Waals surface area contributed by atoms with Crippen LogP contribution in [0.4, 0.5) is 4.79 Å². The van der Waals surface area contributed by atoms with Crippen molar-refractivity contribution in [2.24, 2.45) is 5.73 Å². The number of amides is 3. The first-order chi connectivity index (χ1) is 6.68. The second-order valence-electron chi connectivity index (χ2n) is 3.32. The maximum atomic E-state index is 11.2. The van der Waals surface area contributed by atoms with Gasteiger partial charge in [-0.15, -0.1) is 0 Å². The number of nitrogens with one attached hydrogen (secondary N) is 3. The first-order valence-electron chi connectivity index (χ1n) is 4.72. The number of carbonyl (C=O) groups is 2. The zero-order chi connectivity index (χ0) is 10.4. The van der Waals surface area contributed by atoms with Gasteiger partial charge in [-0.3, -0.25) is 4.79 Å². The minimum Gasteiger partial charge on any atom is -0.368 e. The smallest absolute Gasteiger partial charge is 0.315 e. The molecule has 1 saturated heterocycles. The highest BCUT2D eigenvalue weighted by Gasteiger charge is 2.14. The molecule has 1 aliphatic heterocycles. The Labute approximate surface area is 82.6 Å². The van der Waals surface area contributed by atoms with E-state index >= 15 is 0 Å². The number of urea groups is 1. The molecule has 0 saturated carbocycles. The van der Waals surface area contributed by atoms with Crippen LogP contribution in [0.2, 0.25) is 0 Å². The van der Waals surface area contributed by atoms with E-state index in [1.807, 2.05) is 0 Å². The largest absolute Gasteiger partial charge is 0.368 e. The van der Waals surface area contributed by atoms with Crippen LogP contribution in [0.3, 0.4) is 0 Å². The lowest BCUT2D eigenvalue weighted by Crippen LogP contribution is -2.48. The summed E-state index contributed by atoms with van der Waals surface area (Å²) in [5, 5.41) is 8.35. The van der Waals surface area contributed by atoms with E-state index in [9.17, 15) is 9.59 Å². The molecule has 0 radical (unpaired) electrons. The highest BCUT2D eigenvalue weighted by Crippen LogP contribution is 2.00. The summed E-state index contributed by atoms with van der Waals surface area (Å²) in [6, 6.07) is -0.125. The minimum absolute atomic E-state index is 0.114. The fourth-order valence-corrected chi connectivity index (χ4v) is 1.37. The Morgan fingerprint density at radius 1 is 1.36 bits per heavy atom. The van der Waals surface area contributed by atoms with Crippen LogP contribution in [0.15, 0.2) is 0 Å². The van der Waals surface area contributed by atoms with E-state index in [1.165, 1.54) is 0 Å². The molecule has 6 nitrogen and oxygen atoms in total. The summed E-state index contributed by atoms with van der Waals surface area (Å²) in [4.78, 5) is 21.5. The zero-order valence-electron chi connectivity index (χ0n) is 8.01. The molecule has 80 valence electrons. The third-order valence-corrected chi connectivity index (χ3v) is 2.10. The average Bonchev–Trinajstić information content (AvgIpc) is 2.16. The second-order valence-corrected chi connectivity index (χ2v) is 3.32. The summed E-state index contributed by atoms with van der Waals surface area (Å²) in [7, 11) is 0. The van der Waals surface area contributed by atoms with Crippen molar-refractivity contribution >= 4 is 11.9 Å². The first kappa shape index (κ1) is 10.8. The van der Waals surface area contributed by atoms with Gasteiger partial charge in [0, 0.05) is 6.04 Å². The minimum atomic E-state index is -0.537. The zero-order valence-corrected chi connectivity index (χ0v) is 8.01. The molecule has 1 heterocycles. The van der Waals surface area contributed by atoms with E-state index in [2.05, 4.69) is 16.0 Å². The summed E-state index contributed by atoms with van der Waals surface area (Å²) in [6.07, 6.45) is 1.84. The van der Waals surface area contributed by atoms with Gasteiger partial charge < -0.3 is 21.7 Å². The number of rotatable bonds is 3. The van der Waals surface area contributed by atoms with Crippen molar-refractivity contribution < 1.29 is 9.59 Å². The molecule has 0 aliphatic carbocycles. The molecule has 0 aromatic rings. The van der Waals surface area contributed by atoms with Crippen LogP contribution in [-0.4, -0.2) is 37.6 Å². The standard InChI is InChI=1S/C8H16N4O2/c9-7(13)5-11-8(14)12-6-1-3-10-4-2-6/h6,10H,1-5H2,(H2,9,13)(H2,11,12,14). The molecule has 1 fully saturated rings. The maximum absolute atomic E-state index is 11.2. The molecule has 0 spiro atoms. The molecule has 6 heteroatoms. The summed E-state index contributed by atoms with van der Waals surface area (Å²) in [5.74, 6) is -0.537. The van der Waals surface area contributed by atoms with E-state index in [0.717, 1.165) is 25.9 Å². The lowest BCUT2D eigenvalue weighted by atomic mass is 10.1. The van der Waals surface area contributed by atoms with Gasteiger partial charge in [0.15, 0.2) is 0 Å². The van der Waals surface area contributed by atoms with Gasteiger partial charge in [0.05, 0.1) is 6.54 Å². The van der Waals surface area contributed by atoms with E-state index < -0.39 is 5.91 Å². The number of hydrogen-bond acceptors (Lipinski definition) is 3. The average molecular weight is 200 g/mol. The first-order valence-corrected chi connectivity index (χ1v) is 4.72. The molecule has 1 rings (SSSR count). The van der Waals surface area contributed by atoms with Crippen LogP contribution < -0.4 is 21.7 Å². The Hall–Kier alpha value is -1.30. The van der Waals surface area contributed by atoms with Gasteiger partial charge in [-0.2, -0.15) is 0 Å². The van der Waals surface area contributed by atoms with Gasteiger partial charge in [-0.1, -0.05) is 0 Å². The molecule has 3 amide bonds. The number of carbonyl (C=O) groups excluding carboxylic acids is 2. The van der Waals surface area contributed by atoms with Gasteiger partial charge in [0.25, 0.3) is 0 Å². The van der Waals surface area contributed by atoms with E-state index in [4.69, 9.17) is 5.73 Å². The van der Waals surface area contributed by atoms with Crippen molar-refractivity contribution in [3.05, 3.63) is 0 Å². The summed E-state index contributed by atoms with van der Waals surface area (Å²) < 4.78 is 0. The fourth-order valence-electron chi connectivity index (χ4n) is 1.37. The van der Waals surface area contributed by atoms with Crippen molar-refractivity contribution in [2.75, 3.05) is 19.6 Å². The molecule has 1 aliphatic rings. The fraction of sp³-hybridized carbons (Fsp3) is 0.750. The predicted molar refractivity (Wildman–Crippen MR) is 51.6 cm³/mol. The van der Waals surface area contributed by atoms with Crippen LogP contribution >= 0.6 is 0 Å². The van der Waals surface area contributed by atoms with Gasteiger partial charge in [-0.25, -0.2) is 4.79 Å².